The second-order valence-electron chi connectivity index (χ2n) is 6.93. The van der Waals surface area contributed by atoms with E-state index >= 15 is 0 Å². The molecule has 1 N–H and O–H groups in total. The lowest BCUT2D eigenvalue weighted by Crippen LogP contribution is -2.39. The summed E-state index contributed by atoms with van der Waals surface area (Å²) in [7, 11) is 0. The molecule has 0 spiro atoms. The van der Waals surface area contributed by atoms with E-state index in [9.17, 15) is 18.0 Å². The van der Waals surface area contributed by atoms with Gasteiger partial charge in [-0.25, -0.2) is 0 Å². The Kier molecular flexibility index (Phi) is 7.23. The van der Waals surface area contributed by atoms with Crippen LogP contribution in [0.25, 0.3) is 0 Å². The summed E-state index contributed by atoms with van der Waals surface area (Å²) in [6.45, 7) is 1.88. The predicted molar refractivity (Wildman–Crippen MR) is 105 cm³/mol. The van der Waals surface area contributed by atoms with Crippen LogP contribution in [0.2, 0.25) is 5.02 Å². The number of halogens is 4. The van der Waals surface area contributed by atoms with E-state index in [0.29, 0.717) is 32.0 Å². The third kappa shape index (κ3) is 5.87. The van der Waals surface area contributed by atoms with Gasteiger partial charge in [0, 0.05) is 30.2 Å². The third-order valence-corrected chi connectivity index (χ3v) is 5.21. The summed E-state index contributed by atoms with van der Waals surface area (Å²) in [4.78, 5) is 12.8. The molecule has 162 valence electrons. The van der Waals surface area contributed by atoms with E-state index in [1.807, 2.05) is 4.90 Å². The molecule has 30 heavy (non-hydrogen) atoms. The number of aliphatic carboxylic acids is 1. The number of morpholine rings is 1. The zero-order valence-corrected chi connectivity index (χ0v) is 16.7. The van der Waals surface area contributed by atoms with Crippen molar-refractivity contribution in [2.45, 2.75) is 25.3 Å². The van der Waals surface area contributed by atoms with E-state index in [1.54, 1.807) is 24.3 Å². The summed E-state index contributed by atoms with van der Waals surface area (Å²) >= 11 is 5.95. The molecule has 1 aliphatic rings. The van der Waals surface area contributed by atoms with Gasteiger partial charge in [-0.05, 0) is 29.8 Å². The van der Waals surface area contributed by atoms with E-state index in [-0.39, 0.29) is 29.7 Å². The summed E-state index contributed by atoms with van der Waals surface area (Å²) in [5.41, 5.74) is -0.0415. The molecule has 1 aliphatic heterocycles. The van der Waals surface area contributed by atoms with Gasteiger partial charge in [0.25, 0.3) is 0 Å². The molecule has 2 aromatic carbocycles. The minimum atomic E-state index is -4.52. The quantitative estimate of drug-likeness (QED) is 0.667. The maximum Gasteiger partial charge on any atom is 0.416 e. The Morgan fingerprint density at radius 1 is 1.23 bits per heavy atom. The Morgan fingerprint density at radius 2 is 1.97 bits per heavy atom. The van der Waals surface area contributed by atoms with Gasteiger partial charge in [0.2, 0.25) is 0 Å². The van der Waals surface area contributed by atoms with Crippen LogP contribution >= 0.6 is 11.6 Å². The van der Waals surface area contributed by atoms with Gasteiger partial charge >= 0.3 is 12.1 Å². The maximum atomic E-state index is 13.2. The number of benzene rings is 2. The fourth-order valence-corrected chi connectivity index (χ4v) is 3.50. The third-order valence-electron chi connectivity index (χ3n) is 4.85. The van der Waals surface area contributed by atoms with E-state index in [4.69, 9.17) is 26.2 Å². The molecule has 0 bridgehead atoms. The highest BCUT2D eigenvalue weighted by molar-refractivity contribution is 6.31. The van der Waals surface area contributed by atoms with Crippen molar-refractivity contribution in [3.05, 3.63) is 64.2 Å². The van der Waals surface area contributed by atoms with Crippen molar-refractivity contribution < 1.29 is 32.5 Å². The first-order chi connectivity index (χ1) is 14.2. The fraction of sp³-hybridized carbons (Fsp3) is 0.381. The first-order valence-electron chi connectivity index (χ1n) is 9.37. The first kappa shape index (κ1) is 22.4. The Hall–Kier alpha value is -2.29. The largest absolute Gasteiger partial charge is 0.489 e. The summed E-state index contributed by atoms with van der Waals surface area (Å²) in [5.74, 6) is -0.433. The molecule has 1 atom stereocenters. The van der Waals surface area contributed by atoms with E-state index in [1.165, 1.54) is 12.1 Å². The van der Waals surface area contributed by atoms with Gasteiger partial charge in [-0.2, -0.15) is 13.2 Å². The molecule has 0 amide bonds. The van der Waals surface area contributed by atoms with Crippen molar-refractivity contribution in [1.29, 1.82) is 0 Å². The molecule has 1 fully saturated rings. The van der Waals surface area contributed by atoms with E-state index in [2.05, 4.69) is 0 Å². The molecule has 9 heteroatoms. The lowest BCUT2D eigenvalue weighted by molar-refractivity contribution is -0.139. The number of nitrogens with zero attached hydrogens (tertiary/aromatic N) is 1. The molecule has 0 saturated carbocycles. The van der Waals surface area contributed by atoms with Crippen molar-refractivity contribution in [3.63, 3.8) is 0 Å². The Morgan fingerprint density at radius 3 is 2.63 bits per heavy atom. The number of hydrogen-bond acceptors (Lipinski definition) is 4. The number of carbonyl (C=O) groups is 1. The molecular formula is C21H21ClF3NO4. The second-order valence-corrected chi connectivity index (χ2v) is 7.33. The highest BCUT2D eigenvalue weighted by atomic mass is 35.5. The van der Waals surface area contributed by atoms with Crippen LogP contribution in [0.1, 0.15) is 29.2 Å². The van der Waals surface area contributed by atoms with Crippen molar-refractivity contribution >= 4 is 17.6 Å². The standard InChI is InChI=1S/C21H21ClF3NO4/c22-18-3-1-2-17(21(23,24)25)16(18)13-30-15-6-4-14(5-7-15)19-12-26(10-11-29-19)9-8-20(27)28/h1-7,19H,8-13H2,(H,27,28). The van der Waals surface area contributed by atoms with Crippen LogP contribution in [0, 0.1) is 0 Å². The second kappa shape index (κ2) is 9.68. The molecule has 0 radical (unpaired) electrons. The van der Waals surface area contributed by atoms with Crippen LogP contribution in [0.4, 0.5) is 13.2 Å². The minimum absolute atomic E-state index is 0.00139. The zero-order valence-electron chi connectivity index (χ0n) is 16.0. The van der Waals surface area contributed by atoms with Crippen molar-refractivity contribution in [3.8, 4) is 5.75 Å². The summed E-state index contributed by atoms with van der Waals surface area (Å²) in [6.07, 6.45) is -4.65. The van der Waals surface area contributed by atoms with Crippen LogP contribution < -0.4 is 4.74 Å². The maximum absolute atomic E-state index is 13.2. The monoisotopic (exact) mass is 443 g/mol. The van der Waals surface area contributed by atoms with Gasteiger partial charge in [0.15, 0.2) is 0 Å². The summed E-state index contributed by atoms with van der Waals surface area (Å²) in [5, 5.41) is 8.83. The fourth-order valence-electron chi connectivity index (χ4n) is 3.27. The molecule has 0 aliphatic carbocycles. The number of alkyl halides is 3. The average Bonchev–Trinajstić information content (AvgIpc) is 2.71. The minimum Gasteiger partial charge on any atom is -0.489 e. The van der Waals surface area contributed by atoms with Crippen molar-refractivity contribution in [2.75, 3.05) is 26.2 Å². The predicted octanol–water partition coefficient (Wildman–Crippen LogP) is 4.79. The van der Waals surface area contributed by atoms with E-state index in [0.717, 1.165) is 11.6 Å². The van der Waals surface area contributed by atoms with Gasteiger partial charge in [0.05, 0.1) is 24.7 Å². The first-order valence-corrected chi connectivity index (χ1v) is 9.75. The molecular weight excluding hydrogens is 423 g/mol. The molecule has 1 saturated heterocycles. The van der Waals surface area contributed by atoms with Crippen LogP contribution in [0.5, 0.6) is 5.75 Å². The molecule has 2 aromatic rings. The van der Waals surface area contributed by atoms with Crippen molar-refractivity contribution in [1.82, 2.24) is 4.90 Å². The number of carboxylic acid groups (broad SMARTS) is 1. The molecule has 3 rings (SSSR count). The van der Waals surface area contributed by atoms with Gasteiger partial charge < -0.3 is 14.6 Å². The van der Waals surface area contributed by atoms with Gasteiger partial charge in [-0.3, -0.25) is 9.69 Å². The van der Waals surface area contributed by atoms with Crippen LogP contribution in [0.3, 0.4) is 0 Å². The van der Waals surface area contributed by atoms with Crippen LogP contribution in [-0.2, 0) is 22.3 Å². The molecule has 1 unspecified atom stereocenters. The smallest absolute Gasteiger partial charge is 0.416 e. The summed E-state index contributed by atoms with van der Waals surface area (Å²) in [6, 6.07) is 10.5. The Bertz CT molecular complexity index is 874. The molecule has 0 aromatic heterocycles. The normalized spacial score (nSPS) is 17.7. The molecule has 5 nitrogen and oxygen atoms in total. The number of carboxylic acids is 1. The molecule has 1 heterocycles. The lowest BCUT2D eigenvalue weighted by atomic mass is 10.1. The zero-order chi connectivity index (χ0) is 21.7. The highest BCUT2D eigenvalue weighted by Gasteiger charge is 2.34. The van der Waals surface area contributed by atoms with Gasteiger partial charge in [-0.15, -0.1) is 0 Å². The van der Waals surface area contributed by atoms with Crippen molar-refractivity contribution in [2.24, 2.45) is 0 Å². The number of ether oxygens (including phenoxy) is 2. The lowest BCUT2D eigenvalue weighted by Gasteiger charge is -2.32. The van der Waals surface area contributed by atoms with Gasteiger partial charge in [-0.1, -0.05) is 29.8 Å². The average molecular weight is 444 g/mol. The summed E-state index contributed by atoms with van der Waals surface area (Å²) < 4.78 is 50.8. The Labute approximate surface area is 177 Å². The SMILES string of the molecule is O=C(O)CCN1CCOC(c2ccc(OCc3c(Cl)cccc3C(F)(F)F)cc2)C1. The Balaban J connectivity index is 1.63. The topological polar surface area (TPSA) is 59.0 Å². The van der Waals surface area contributed by atoms with Crippen LogP contribution in [0.15, 0.2) is 42.5 Å². The highest BCUT2D eigenvalue weighted by Crippen LogP contribution is 2.35. The number of rotatable bonds is 7. The van der Waals surface area contributed by atoms with E-state index < -0.39 is 17.7 Å². The van der Waals surface area contributed by atoms with Gasteiger partial charge in [0.1, 0.15) is 12.4 Å². The van der Waals surface area contributed by atoms with Crippen LogP contribution in [-0.4, -0.2) is 42.2 Å². The number of hydrogen-bond donors (Lipinski definition) is 1.